The smallest absolute Gasteiger partial charge is 0.227 e. The Morgan fingerprint density at radius 1 is 1.38 bits per heavy atom. The quantitative estimate of drug-likeness (QED) is 0.860. The number of hydrogen-bond donors (Lipinski definition) is 1. The second-order valence-corrected chi connectivity index (χ2v) is 6.46. The molecular formula is C18H24ClFN4O2. The number of nitrogens with zero attached hydrogens (tertiary/aromatic N) is 3. The lowest BCUT2D eigenvalue weighted by Crippen LogP contribution is -2.44. The van der Waals surface area contributed by atoms with Crippen molar-refractivity contribution in [3.63, 3.8) is 0 Å². The van der Waals surface area contributed by atoms with Crippen LogP contribution in [-0.2, 0) is 11.2 Å². The van der Waals surface area contributed by atoms with Crippen molar-refractivity contribution in [1.82, 2.24) is 20.4 Å². The summed E-state index contributed by atoms with van der Waals surface area (Å²) >= 11 is 0. The molecule has 1 saturated heterocycles. The van der Waals surface area contributed by atoms with E-state index in [4.69, 9.17) is 4.52 Å². The topological polar surface area (TPSA) is 71.3 Å². The molecule has 1 amide bonds. The Morgan fingerprint density at radius 2 is 2.12 bits per heavy atom. The first-order valence-corrected chi connectivity index (χ1v) is 8.60. The van der Waals surface area contributed by atoms with E-state index in [2.05, 4.69) is 15.5 Å². The number of benzene rings is 1. The molecule has 6 nitrogen and oxygen atoms in total. The summed E-state index contributed by atoms with van der Waals surface area (Å²) in [5, 5.41) is 7.23. The van der Waals surface area contributed by atoms with Gasteiger partial charge in [-0.1, -0.05) is 5.16 Å². The SMILES string of the molecule is Cc1cc(-c2noc(CCC(=O)N(C)C3CCNCC3)n2)ccc1F.Cl. The van der Waals surface area contributed by atoms with Crippen LogP contribution in [0.3, 0.4) is 0 Å². The summed E-state index contributed by atoms with van der Waals surface area (Å²) in [5.41, 5.74) is 1.23. The van der Waals surface area contributed by atoms with Gasteiger partial charge in [-0.25, -0.2) is 4.39 Å². The van der Waals surface area contributed by atoms with Gasteiger partial charge in [-0.05, 0) is 56.6 Å². The van der Waals surface area contributed by atoms with Gasteiger partial charge in [-0.15, -0.1) is 12.4 Å². The van der Waals surface area contributed by atoms with Crippen LogP contribution in [0, 0.1) is 12.7 Å². The van der Waals surface area contributed by atoms with E-state index in [1.54, 1.807) is 19.1 Å². The highest BCUT2D eigenvalue weighted by molar-refractivity contribution is 5.85. The molecule has 0 bridgehead atoms. The Balaban J connectivity index is 0.00000243. The highest BCUT2D eigenvalue weighted by Crippen LogP contribution is 2.19. The lowest BCUT2D eigenvalue weighted by Gasteiger charge is -2.31. The molecule has 26 heavy (non-hydrogen) atoms. The summed E-state index contributed by atoms with van der Waals surface area (Å²) < 4.78 is 18.6. The molecule has 142 valence electrons. The van der Waals surface area contributed by atoms with Crippen molar-refractivity contribution in [2.24, 2.45) is 0 Å². The van der Waals surface area contributed by atoms with Crippen molar-refractivity contribution in [1.29, 1.82) is 0 Å². The Hall–Kier alpha value is -1.99. The number of amides is 1. The number of carbonyl (C=O) groups excluding carboxylic acids is 1. The minimum atomic E-state index is -0.265. The average molecular weight is 383 g/mol. The molecule has 1 fully saturated rings. The third-order valence-corrected chi connectivity index (χ3v) is 4.69. The molecule has 0 aliphatic carbocycles. The number of piperidine rings is 1. The fourth-order valence-corrected chi connectivity index (χ4v) is 3.05. The lowest BCUT2D eigenvalue weighted by atomic mass is 10.0. The van der Waals surface area contributed by atoms with Crippen molar-refractivity contribution in [3.05, 3.63) is 35.5 Å². The van der Waals surface area contributed by atoms with Crippen LogP contribution in [0.4, 0.5) is 4.39 Å². The van der Waals surface area contributed by atoms with Gasteiger partial charge in [-0.2, -0.15) is 4.98 Å². The summed E-state index contributed by atoms with van der Waals surface area (Å²) in [4.78, 5) is 18.5. The zero-order chi connectivity index (χ0) is 17.8. The molecule has 1 N–H and O–H groups in total. The van der Waals surface area contributed by atoms with Crippen LogP contribution in [0.15, 0.2) is 22.7 Å². The van der Waals surface area contributed by atoms with Crippen LogP contribution >= 0.6 is 12.4 Å². The molecule has 0 spiro atoms. The van der Waals surface area contributed by atoms with Gasteiger partial charge in [0, 0.05) is 31.5 Å². The number of aryl methyl sites for hydroxylation is 2. The van der Waals surface area contributed by atoms with Crippen LogP contribution in [-0.4, -0.2) is 47.1 Å². The maximum absolute atomic E-state index is 13.3. The Bertz CT molecular complexity index is 747. The van der Waals surface area contributed by atoms with E-state index in [9.17, 15) is 9.18 Å². The standard InChI is InChI=1S/C18H23FN4O2.ClH/c1-12-11-13(3-4-15(12)19)18-21-16(25-22-18)5-6-17(24)23(2)14-7-9-20-10-8-14;/h3-4,11,14,20H,5-10H2,1-2H3;1H. The van der Waals surface area contributed by atoms with Crippen molar-refractivity contribution in [2.45, 2.75) is 38.6 Å². The van der Waals surface area contributed by atoms with Gasteiger partial charge in [0.25, 0.3) is 0 Å². The van der Waals surface area contributed by atoms with E-state index in [0.29, 0.717) is 41.7 Å². The monoisotopic (exact) mass is 382 g/mol. The summed E-state index contributed by atoms with van der Waals surface area (Å²) in [5.74, 6) is 0.657. The molecule has 1 aromatic heterocycles. The van der Waals surface area contributed by atoms with Crippen LogP contribution < -0.4 is 5.32 Å². The van der Waals surface area contributed by atoms with Crippen LogP contribution in [0.25, 0.3) is 11.4 Å². The first-order chi connectivity index (χ1) is 12.0. The van der Waals surface area contributed by atoms with Gasteiger partial charge in [-0.3, -0.25) is 4.79 Å². The average Bonchev–Trinajstić information content (AvgIpc) is 3.11. The maximum atomic E-state index is 13.3. The number of halogens is 2. The summed E-state index contributed by atoms with van der Waals surface area (Å²) in [6.07, 6.45) is 2.71. The number of carbonyl (C=O) groups is 1. The van der Waals surface area contributed by atoms with E-state index in [1.807, 2.05) is 11.9 Å². The highest BCUT2D eigenvalue weighted by Gasteiger charge is 2.22. The predicted molar refractivity (Wildman–Crippen MR) is 98.7 cm³/mol. The van der Waals surface area contributed by atoms with Gasteiger partial charge < -0.3 is 14.7 Å². The van der Waals surface area contributed by atoms with Crippen molar-refractivity contribution in [2.75, 3.05) is 20.1 Å². The van der Waals surface area contributed by atoms with E-state index >= 15 is 0 Å². The molecule has 0 radical (unpaired) electrons. The van der Waals surface area contributed by atoms with E-state index < -0.39 is 0 Å². The zero-order valence-electron chi connectivity index (χ0n) is 15.0. The van der Waals surface area contributed by atoms with Gasteiger partial charge in [0.1, 0.15) is 5.82 Å². The second kappa shape index (κ2) is 9.09. The third kappa shape index (κ3) is 4.80. The van der Waals surface area contributed by atoms with Crippen molar-refractivity contribution >= 4 is 18.3 Å². The van der Waals surface area contributed by atoms with Gasteiger partial charge >= 0.3 is 0 Å². The molecule has 1 aliphatic rings. The first kappa shape index (κ1) is 20.3. The zero-order valence-corrected chi connectivity index (χ0v) is 15.8. The first-order valence-electron chi connectivity index (χ1n) is 8.60. The number of nitrogens with one attached hydrogen (secondary N) is 1. The largest absolute Gasteiger partial charge is 0.343 e. The molecular weight excluding hydrogens is 359 g/mol. The molecule has 1 aromatic carbocycles. The van der Waals surface area contributed by atoms with Crippen molar-refractivity contribution < 1.29 is 13.7 Å². The number of rotatable bonds is 5. The van der Waals surface area contributed by atoms with Crippen LogP contribution in [0.5, 0.6) is 0 Å². The minimum absolute atomic E-state index is 0. The van der Waals surface area contributed by atoms with E-state index in [-0.39, 0.29) is 24.1 Å². The van der Waals surface area contributed by atoms with Gasteiger partial charge in [0.15, 0.2) is 0 Å². The van der Waals surface area contributed by atoms with Gasteiger partial charge in [0.2, 0.25) is 17.6 Å². The minimum Gasteiger partial charge on any atom is -0.343 e. The van der Waals surface area contributed by atoms with E-state index in [1.165, 1.54) is 6.07 Å². The van der Waals surface area contributed by atoms with Crippen molar-refractivity contribution in [3.8, 4) is 11.4 Å². The molecule has 0 atom stereocenters. The van der Waals surface area contributed by atoms with Crippen LogP contribution in [0.1, 0.15) is 30.7 Å². The molecule has 0 saturated carbocycles. The normalized spacial score (nSPS) is 14.7. The highest BCUT2D eigenvalue weighted by atomic mass is 35.5. The Morgan fingerprint density at radius 3 is 2.81 bits per heavy atom. The van der Waals surface area contributed by atoms with E-state index in [0.717, 1.165) is 25.9 Å². The maximum Gasteiger partial charge on any atom is 0.227 e. The molecule has 1 aliphatic heterocycles. The summed E-state index contributed by atoms with van der Waals surface area (Å²) in [6.45, 7) is 3.59. The van der Waals surface area contributed by atoms with Gasteiger partial charge in [0.05, 0.1) is 0 Å². The molecule has 3 rings (SSSR count). The fraction of sp³-hybridized carbons (Fsp3) is 0.500. The molecule has 2 heterocycles. The third-order valence-electron chi connectivity index (χ3n) is 4.69. The Labute approximate surface area is 158 Å². The summed E-state index contributed by atoms with van der Waals surface area (Å²) in [7, 11) is 1.86. The summed E-state index contributed by atoms with van der Waals surface area (Å²) in [6, 6.07) is 4.99. The molecule has 8 heteroatoms. The lowest BCUT2D eigenvalue weighted by molar-refractivity contribution is -0.132. The number of hydrogen-bond acceptors (Lipinski definition) is 5. The number of aromatic nitrogens is 2. The fourth-order valence-electron chi connectivity index (χ4n) is 3.05. The Kier molecular flexibility index (Phi) is 7.11. The second-order valence-electron chi connectivity index (χ2n) is 6.46. The van der Waals surface area contributed by atoms with Crippen LogP contribution in [0.2, 0.25) is 0 Å². The molecule has 2 aromatic rings. The predicted octanol–water partition coefficient (Wildman–Crippen LogP) is 2.75. The molecule has 0 unspecified atom stereocenters.